The minimum absolute atomic E-state index is 0.0578. The van der Waals surface area contributed by atoms with Gasteiger partial charge in [-0.25, -0.2) is 9.36 Å². The summed E-state index contributed by atoms with van der Waals surface area (Å²) in [5.74, 6) is 1.16. The Labute approximate surface area is 246 Å². The first-order chi connectivity index (χ1) is 20.2. The molecular weight excluding hydrogens is 587 g/mol. The molecule has 2 heterocycles. The van der Waals surface area contributed by atoms with Crippen molar-refractivity contribution in [1.29, 1.82) is 0 Å². The molecule has 0 saturated carbocycles. The van der Waals surface area contributed by atoms with E-state index in [9.17, 15) is 34.7 Å². The van der Waals surface area contributed by atoms with E-state index in [2.05, 4.69) is 15.1 Å². The Morgan fingerprint density at radius 2 is 1.98 bits per heavy atom. The Bertz CT molecular complexity index is 1550. The minimum Gasteiger partial charge on any atom is -0.462 e. The number of rotatable bonds is 13. The van der Waals surface area contributed by atoms with E-state index < -0.39 is 67.4 Å². The molecule has 1 saturated heterocycles. The molecule has 3 rings (SSSR count). The molecule has 1 aromatic carbocycles. The summed E-state index contributed by atoms with van der Waals surface area (Å²) in [4.78, 5) is 41.6. The number of nitrogens with one attached hydrogen (secondary N) is 2. The van der Waals surface area contributed by atoms with E-state index in [-0.39, 0.29) is 18.1 Å². The maximum absolute atomic E-state index is 14.2. The first-order valence-electron chi connectivity index (χ1n) is 13.1. The maximum atomic E-state index is 14.2. The van der Waals surface area contributed by atoms with E-state index in [0.717, 1.165) is 12.3 Å². The van der Waals surface area contributed by atoms with Crippen LogP contribution in [0.5, 0.6) is 5.75 Å². The molecule has 0 spiro atoms. The van der Waals surface area contributed by atoms with Crippen molar-refractivity contribution >= 4 is 13.7 Å². The van der Waals surface area contributed by atoms with Gasteiger partial charge in [0, 0.05) is 17.2 Å². The number of esters is 1. The van der Waals surface area contributed by atoms with Gasteiger partial charge in [-0.15, -0.1) is 6.42 Å². The molecule has 17 heteroatoms. The predicted molar refractivity (Wildman–Crippen MR) is 151 cm³/mol. The second-order valence-corrected chi connectivity index (χ2v) is 12.1. The number of aromatic amines is 1. The zero-order chi connectivity index (χ0) is 32.0. The Balaban J connectivity index is 2.04. The van der Waals surface area contributed by atoms with Gasteiger partial charge in [-0.05, 0) is 43.9 Å². The lowest BCUT2D eigenvalue weighted by Gasteiger charge is -2.31. The molecule has 232 valence electrons. The normalized spacial score (nSPS) is 25.4. The number of aliphatic hydroxyl groups excluding tert-OH is 1. The molecule has 1 aliphatic heterocycles. The van der Waals surface area contributed by atoms with Crippen molar-refractivity contribution in [2.24, 2.45) is 11.0 Å². The molecule has 2 aromatic rings. The highest BCUT2D eigenvalue weighted by Gasteiger charge is 2.64. The smallest absolute Gasteiger partial charge is 0.459 e. The predicted octanol–water partition coefficient (Wildman–Crippen LogP) is 1.96. The molecule has 1 aromatic heterocycles. The van der Waals surface area contributed by atoms with Crippen LogP contribution in [-0.2, 0) is 23.4 Å². The second kappa shape index (κ2) is 13.6. The van der Waals surface area contributed by atoms with Crippen LogP contribution in [0.1, 0.15) is 40.3 Å². The van der Waals surface area contributed by atoms with Gasteiger partial charge in [0.2, 0.25) is 5.72 Å². The van der Waals surface area contributed by atoms with Crippen LogP contribution in [-0.4, -0.2) is 61.9 Å². The third kappa shape index (κ3) is 7.73. The van der Waals surface area contributed by atoms with Crippen molar-refractivity contribution < 1.29 is 38.1 Å². The third-order valence-electron chi connectivity index (χ3n) is 6.15. The van der Waals surface area contributed by atoms with Crippen LogP contribution in [0, 0.1) is 18.3 Å². The van der Waals surface area contributed by atoms with Gasteiger partial charge < -0.3 is 24.2 Å². The van der Waals surface area contributed by atoms with Crippen molar-refractivity contribution in [3.05, 3.63) is 73.9 Å². The van der Waals surface area contributed by atoms with Crippen LogP contribution in [0.25, 0.3) is 10.4 Å². The summed E-state index contributed by atoms with van der Waals surface area (Å²) in [6, 6.07) is 7.49. The summed E-state index contributed by atoms with van der Waals surface area (Å²) in [5.41, 5.74) is 2.18. The number of carbonyl (C=O) groups is 1. The zero-order valence-electron chi connectivity index (χ0n) is 23.8. The topological polar surface area (TPSA) is 227 Å². The highest BCUT2D eigenvalue weighted by molar-refractivity contribution is 7.52. The van der Waals surface area contributed by atoms with E-state index in [1.54, 1.807) is 32.0 Å². The first-order valence-corrected chi connectivity index (χ1v) is 14.6. The van der Waals surface area contributed by atoms with E-state index in [0.29, 0.717) is 4.57 Å². The molecule has 16 nitrogen and oxygen atoms in total. The quantitative estimate of drug-likeness (QED) is 0.0632. The number of terminal acetylenes is 1. The van der Waals surface area contributed by atoms with Crippen LogP contribution >= 0.6 is 7.75 Å². The molecule has 1 fully saturated rings. The van der Waals surface area contributed by atoms with Crippen molar-refractivity contribution in [2.45, 2.75) is 69.9 Å². The number of aliphatic hydroxyl groups is 2. The zero-order valence-corrected chi connectivity index (χ0v) is 24.7. The number of para-hydroxylation sites is 1. The molecule has 0 aliphatic carbocycles. The fraction of sp³-hybridized carbons (Fsp3) is 0.500. The monoisotopic (exact) mass is 620 g/mol. The highest BCUT2D eigenvalue weighted by atomic mass is 31.2. The van der Waals surface area contributed by atoms with E-state index >= 15 is 0 Å². The SMILES string of the molecule is C#C[C@@]1(O)[C@H](O)C(COP(=O)(N[C@@H](CC(C)C)C(=O)OC(C)C)Oc2ccccc2)(N=[N+]=[N-])O[C@H]1n1ccc(=O)[nH]c1=O. The van der Waals surface area contributed by atoms with Crippen LogP contribution < -0.4 is 20.9 Å². The van der Waals surface area contributed by atoms with Gasteiger partial charge in [-0.2, -0.15) is 5.09 Å². The van der Waals surface area contributed by atoms with Crippen molar-refractivity contribution in [3.8, 4) is 18.1 Å². The van der Waals surface area contributed by atoms with Gasteiger partial charge in [0.1, 0.15) is 17.9 Å². The van der Waals surface area contributed by atoms with E-state index in [4.69, 9.17) is 24.9 Å². The Kier molecular flexibility index (Phi) is 10.6. The Hall–Kier alpha value is -3.93. The second-order valence-electron chi connectivity index (χ2n) is 10.4. The van der Waals surface area contributed by atoms with Crippen LogP contribution in [0.15, 0.2) is 57.3 Å². The molecule has 4 N–H and O–H groups in total. The van der Waals surface area contributed by atoms with Crippen LogP contribution in [0.4, 0.5) is 0 Å². The number of H-pyrrole nitrogens is 1. The fourth-order valence-corrected chi connectivity index (χ4v) is 5.75. The number of carbonyl (C=O) groups excluding carboxylic acids is 1. The number of azide groups is 1. The summed E-state index contributed by atoms with van der Waals surface area (Å²) in [6.07, 6.45) is 1.91. The molecule has 0 bridgehead atoms. The third-order valence-corrected chi connectivity index (χ3v) is 7.70. The van der Waals surface area contributed by atoms with E-state index in [1.807, 2.05) is 24.8 Å². The van der Waals surface area contributed by atoms with Crippen LogP contribution in [0.3, 0.4) is 0 Å². The van der Waals surface area contributed by atoms with Gasteiger partial charge >= 0.3 is 19.4 Å². The summed E-state index contributed by atoms with van der Waals surface area (Å²) in [7, 11) is -4.63. The first kappa shape index (κ1) is 33.6. The van der Waals surface area contributed by atoms with Gasteiger partial charge in [0.05, 0.1) is 12.7 Å². The lowest BCUT2D eigenvalue weighted by atomic mass is 9.92. The van der Waals surface area contributed by atoms with Crippen LogP contribution in [0.2, 0.25) is 0 Å². The minimum atomic E-state index is -4.63. The average Bonchev–Trinajstić information content (AvgIpc) is 3.14. The number of aromatic nitrogens is 2. The molecule has 43 heavy (non-hydrogen) atoms. The summed E-state index contributed by atoms with van der Waals surface area (Å²) in [5, 5.41) is 28.4. The Morgan fingerprint density at radius 3 is 2.53 bits per heavy atom. The van der Waals surface area contributed by atoms with Crippen molar-refractivity contribution in [1.82, 2.24) is 14.6 Å². The van der Waals surface area contributed by atoms with Crippen molar-refractivity contribution in [3.63, 3.8) is 0 Å². The highest BCUT2D eigenvalue weighted by Crippen LogP contribution is 2.50. The molecule has 1 aliphatic rings. The van der Waals surface area contributed by atoms with Gasteiger partial charge in [0.15, 0.2) is 11.8 Å². The lowest BCUT2D eigenvalue weighted by Crippen LogP contribution is -2.52. The molecule has 2 unspecified atom stereocenters. The number of hydrogen-bond acceptors (Lipinski definition) is 11. The fourth-order valence-electron chi connectivity index (χ4n) is 4.22. The molecule has 6 atom stereocenters. The molecule has 0 amide bonds. The van der Waals surface area contributed by atoms with Gasteiger partial charge in [-0.3, -0.25) is 23.7 Å². The number of benzene rings is 1. The van der Waals surface area contributed by atoms with Gasteiger partial charge in [-0.1, -0.05) is 43.1 Å². The summed E-state index contributed by atoms with van der Waals surface area (Å²) < 4.78 is 37.2. The lowest BCUT2D eigenvalue weighted by molar-refractivity contribution is -0.150. The number of hydrogen-bond donors (Lipinski definition) is 4. The largest absolute Gasteiger partial charge is 0.462 e. The molecule has 0 radical (unpaired) electrons. The summed E-state index contributed by atoms with van der Waals surface area (Å²) in [6.45, 7) is 5.85. The average molecular weight is 621 g/mol. The van der Waals surface area contributed by atoms with Gasteiger partial charge in [0.25, 0.3) is 5.56 Å². The van der Waals surface area contributed by atoms with E-state index in [1.165, 1.54) is 12.1 Å². The summed E-state index contributed by atoms with van der Waals surface area (Å²) >= 11 is 0. The standard InChI is InChI=1S/C26H33N6O10P/c1-6-25(37)22(35)26(30-31-27,41-23(25)32-13-12-20(33)28-24(32)36)15-39-43(38,42-18-10-8-7-9-11-18)29-19(14-16(2)3)21(34)40-17(4)5/h1,7-13,16-17,19,22-23,35,37H,14-15H2,2-5H3,(H,29,38)(H,28,33,36)/t19-,22-,23+,25+,26?,43?/m0/s1. The number of ether oxygens (including phenoxy) is 2. The van der Waals surface area contributed by atoms with Crippen molar-refractivity contribution in [2.75, 3.05) is 6.61 Å². The molecular formula is C26H33N6O10P. The maximum Gasteiger partial charge on any atom is 0.459 e. The Morgan fingerprint density at radius 1 is 1.30 bits per heavy atom. The number of nitrogens with zero attached hydrogens (tertiary/aromatic N) is 4.